The third-order valence-corrected chi connectivity index (χ3v) is 14.5. The zero-order chi connectivity index (χ0) is 40.7. The molecule has 12 nitrogen and oxygen atoms in total. The van der Waals surface area contributed by atoms with Gasteiger partial charge in [-0.2, -0.15) is 0 Å². The maximum absolute atomic E-state index is 13.5. The van der Waals surface area contributed by atoms with Crippen molar-refractivity contribution in [1.82, 2.24) is 20.0 Å². The zero-order valence-corrected chi connectivity index (χ0v) is 33.6. The number of piperidine rings is 1. The fraction of sp³-hybridized carbons (Fsp3) is 0.417. The lowest BCUT2D eigenvalue weighted by atomic mass is 9.60. The van der Waals surface area contributed by atoms with E-state index in [0.29, 0.717) is 55.1 Å². The average Bonchev–Trinajstić information content (AvgIpc) is 3.54. The molecule has 4 aromatic rings. The lowest BCUT2D eigenvalue weighted by Crippen LogP contribution is -2.67. The molecule has 4 fully saturated rings. The van der Waals surface area contributed by atoms with Crippen LogP contribution in [-0.2, 0) is 27.3 Å². The molecule has 1 saturated carbocycles. The minimum atomic E-state index is -0.652. The van der Waals surface area contributed by atoms with Gasteiger partial charge >= 0.3 is 0 Å². The molecule has 5 heterocycles. The first-order valence-electron chi connectivity index (χ1n) is 21.6. The summed E-state index contributed by atoms with van der Waals surface area (Å²) in [5, 5.41) is 16.4. The lowest BCUT2D eigenvalue weighted by Gasteiger charge is -2.59. The highest BCUT2D eigenvalue weighted by Crippen LogP contribution is 2.50. The summed E-state index contributed by atoms with van der Waals surface area (Å²) in [5.41, 5.74) is 8.91. The normalized spacial score (nSPS) is 25.6. The molecule has 5 aliphatic heterocycles. The molecule has 12 heteroatoms. The molecule has 4 aromatic carbocycles. The van der Waals surface area contributed by atoms with Gasteiger partial charge in [0.2, 0.25) is 17.7 Å². The van der Waals surface area contributed by atoms with Crippen molar-refractivity contribution in [3.63, 3.8) is 0 Å². The number of phenolic OH excluding ortho intramolecular Hbond substituents is 1. The van der Waals surface area contributed by atoms with E-state index in [9.17, 15) is 24.3 Å². The molecule has 0 aromatic heterocycles. The van der Waals surface area contributed by atoms with Crippen LogP contribution >= 0.6 is 0 Å². The van der Waals surface area contributed by atoms with Gasteiger partial charge in [-0.1, -0.05) is 48.5 Å². The van der Waals surface area contributed by atoms with Crippen molar-refractivity contribution >= 4 is 35.0 Å². The van der Waals surface area contributed by atoms with Crippen LogP contribution < -0.4 is 20.3 Å². The van der Waals surface area contributed by atoms with Crippen LogP contribution in [0.3, 0.4) is 0 Å². The third kappa shape index (κ3) is 6.47. The minimum Gasteiger partial charge on any atom is -0.508 e. The van der Waals surface area contributed by atoms with Crippen LogP contribution in [0.25, 0.3) is 0 Å². The van der Waals surface area contributed by atoms with Crippen LogP contribution in [0.5, 0.6) is 11.5 Å². The van der Waals surface area contributed by atoms with Crippen LogP contribution in [0.2, 0.25) is 0 Å². The largest absolute Gasteiger partial charge is 0.508 e. The molecule has 4 atom stereocenters. The Morgan fingerprint density at radius 2 is 1.68 bits per heavy atom. The number of piperazine rings is 1. The maximum atomic E-state index is 13.5. The fourth-order valence-corrected chi connectivity index (χ4v) is 11.5. The number of carbonyl (C=O) groups is 4. The number of phenols is 1. The lowest BCUT2D eigenvalue weighted by molar-refractivity contribution is -0.151. The van der Waals surface area contributed by atoms with E-state index in [4.69, 9.17) is 4.74 Å². The Balaban J connectivity index is 0.667. The van der Waals surface area contributed by atoms with Crippen molar-refractivity contribution in [3.8, 4) is 11.5 Å². The second-order valence-corrected chi connectivity index (χ2v) is 18.3. The van der Waals surface area contributed by atoms with Gasteiger partial charge in [0.1, 0.15) is 24.1 Å². The van der Waals surface area contributed by atoms with E-state index in [1.54, 1.807) is 4.90 Å². The Hall–Kier alpha value is -5.88. The van der Waals surface area contributed by atoms with Gasteiger partial charge in [-0.3, -0.25) is 29.4 Å². The summed E-state index contributed by atoms with van der Waals surface area (Å²) in [6.45, 7) is 5.07. The van der Waals surface area contributed by atoms with Crippen LogP contribution in [-0.4, -0.2) is 107 Å². The summed E-state index contributed by atoms with van der Waals surface area (Å²) in [5.74, 6) is 0.881. The number of ether oxygens (including phenoxy) is 1. The molecule has 7 aliphatic rings. The Bertz CT molecular complexity index is 2390. The van der Waals surface area contributed by atoms with E-state index in [1.807, 2.05) is 29.2 Å². The number of hydrogen-bond donors (Lipinski definition) is 3. The predicted octanol–water partition coefficient (Wildman–Crippen LogP) is 5.00. The molecule has 60 heavy (non-hydrogen) atoms. The number of amides is 4. The summed E-state index contributed by atoms with van der Waals surface area (Å²) in [6, 6.07) is 29.3. The van der Waals surface area contributed by atoms with E-state index in [0.717, 1.165) is 75.3 Å². The molecule has 0 radical (unpaired) electrons. The molecular weight excluding hydrogens is 757 g/mol. The summed E-state index contributed by atoms with van der Waals surface area (Å²) >= 11 is 0. The highest BCUT2D eigenvalue weighted by atomic mass is 16.5. The number of aryl methyl sites for hydroxylation is 1. The molecule has 11 rings (SSSR count). The van der Waals surface area contributed by atoms with E-state index < -0.39 is 11.9 Å². The van der Waals surface area contributed by atoms with Gasteiger partial charge in [-0.15, -0.1) is 0 Å². The standard InChI is InChI=1S/C48H50N6O6/c55-36-11-13-38-31(18-36)8-12-37(29-4-2-1-3-5-29)45(38)30-6-9-33(10-7-30)49-34-21-48(22-34)27-52(28-48)44(57)25-51-16-17-53-35(24-51)26-60-42-20-39-32(19-41(42)53)23-54(47(39)59)40-14-15-43(56)50-46(40)58/h1-7,9-11,13,18-20,34-35,37,40,45,49,55H,8,12,14-17,21-28H2,(H,50,56,58)/t35-,37+,40?,45-/m0/s1. The number of hydrogen-bond acceptors (Lipinski definition) is 9. The van der Waals surface area contributed by atoms with Crippen molar-refractivity contribution in [3.05, 3.63) is 118 Å². The van der Waals surface area contributed by atoms with Gasteiger partial charge < -0.3 is 29.9 Å². The van der Waals surface area contributed by atoms with E-state index in [1.165, 1.54) is 22.3 Å². The first-order chi connectivity index (χ1) is 29.2. The van der Waals surface area contributed by atoms with Crippen molar-refractivity contribution < 1.29 is 29.0 Å². The zero-order valence-electron chi connectivity index (χ0n) is 33.6. The van der Waals surface area contributed by atoms with Crippen molar-refractivity contribution in [2.45, 2.75) is 75.0 Å². The molecule has 3 saturated heterocycles. The first kappa shape index (κ1) is 37.1. The second-order valence-electron chi connectivity index (χ2n) is 18.3. The quantitative estimate of drug-likeness (QED) is 0.221. The SMILES string of the molecule is O=C1CCC(N2Cc3cc4c(cc3C2=O)OC[C@@H]2CN(CC(=O)N3CC5(CC(Nc6ccc([C@@H]7c8ccc(O)cc8CC[C@@H]7c7ccccc7)cc6)C5)C3)CCN42)C(=O)N1. The smallest absolute Gasteiger partial charge is 0.255 e. The van der Waals surface area contributed by atoms with Crippen molar-refractivity contribution in [2.75, 3.05) is 56.1 Å². The molecule has 4 amide bonds. The maximum Gasteiger partial charge on any atom is 0.255 e. The predicted molar refractivity (Wildman–Crippen MR) is 225 cm³/mol. The number of likely N-dealkylation sites (tertiary alicyclic amines) is 1. The Morgan fingerprint density at radius 1 is 0.867 bits per heavy atom. The summed E-state index contributed by atoms with van der Waals surface area (Å²) in [4.78, 5) is 59.3. The summed E-state index contributed by atoms with van der Waals surface area (Å²) in [7, 11) is 0. The van der Waals surface area contributed by atoms with Crippen LogP contribution in [0.1, 0.15) is 82.1 Å². The number of imide groups is 1. The van der Waals surface area contributed by atoms with Crippen LogP contribution in [0.15, 0.2) is 84.9 Å². The number of aromatic hydroxyl groups is 1. The van der Waals surface area contributed by atoms with Gasteiger partial charge in [0, 0.05) is 74.3 Å². The molecule has 0 bridgehead atoms. The van der Waals surface area contributed by atoms with Crippen molar-refractivity contribution in [2.24, 2.45) is 5.41 Å². The minimum absolute atomic E-state index is 0.0916. The van der Waals surface area contributed by atoms with Gasteiger partial charge in [-0.25, -0.2) is 0 Å². The second kappa shape index (κ2) is 14.4. The molecule has 2 aliphatic carbocycles. The Labute approximate surface area is 349 Å². The molecule has 1 unspecified atom stereocenters. The average molecular weight is 807 g/mol. The number of anilines is 2. The topological polar surface area (TPSA) is 135 Å². The summed E-state index contributed by atoms with van der Waals surface area (Å²) < 4.78 is 6.22. The fourth-order valence-electron chi connectivity index (χ4n) is 11.5. The number of nitrogens with one attached hydrogen (secondary N) is 2. The van der Waals surface area contributed by atoms with E-state index in [-0.39, 0.29) is 41.5 Å². The number of fused-ring (bicyclic) bond motifs is 5. The van der Waals surface area contributed by atoms with Crippen molar-refractivity contribution in [1.29, 1.82) is 0 Å². The van der Waals surface area contributed by atoms with Crippen LogP contribution in [0, 0.1) is 5.41 Å². The van der Waals surface area contributed by atoms with Gasteiger partial charge in [-0.05, 0) is 102 Å². The number of nitrogens with zero attached hydrogens (tertiary/aromatic N) is 4. The first-order valence-corrected chi connectivity index (χ1v) is 21.6. The Kier molecular flexibility index (Phi) is 8.91. The highest BCUT2D eigenvalue weighted by molar-refractivity contribution is 6.06. The molecular formula is C48H50N6O6. The summed E-state index contributed by atoms with van der Waals surface area (Å²) in [6.07, 6.45) is 4.68. The number of benzene rings is 4. The molecule has 3 N–H and O–H groups in total. The number of carbonyl (C=O) groups excluding carboxylic acids is 4. The number of rotatable bonds is 7. The Morgan fingerprint density at radius 3 is 2.48 bits per heavy atom. The molecule has 308 valence electrons. The molecule has 1 spiro atoms. The highest BCUT2D eigenvalue weighted by Gasteiger charge is 2.54. The van der Waals surface area contributed by atoms with Crippen LogP contribution in [0.4, 0.5) is 11.4 Å². The monoisotopic (exact) mass is 806 g/mol. The van der Waals surface area contributed by atoms with Gasteiger partial charge in [0.05, 0.1) is 18.3 Å². The van der Waals surface area contributed by atoms with E-state index in [2.05, 4.69) is 81.1 Å². The van der Waals surface area contributed by atoms with Gasteiger partial charge in [0.15, 0.2) is 0 Å². The van der Waals surface area contributed by atoms with Gasteiger partial charge in [0.25, 0.3) is 5.91 Å². The third-order valence-electron chi connectivity index (χ3n) is 14.5. The van der Waals surface area contributed by atoms with E-state index >= 15 is 0 Å².